The van der Waals surface area contributed by atoms with Crippen LogP contribution in [-0.2, 0) is 5.41 Å². The molecule has 0 aromatic heterocycles. The van der Waals surface area contributed by atoms with Gasteiger partial charge in [-0.3, -0.25) is 0 Å². The van der Waals surface area contributed by atoms with Crippen LogP contribution in [0.3, 0.4) is 0 Å². The number of allylic oxidation sites excluding steroid dienone is 4. The van der Waals surface area contributed by atoms with E-state index >= 15 is 0 Å². The van der Waals surface area contributed by atoms with Crippen molar-refractivity contribution >= 4 is 11.1 Å². The lowest BCUT2D eigenvalue weighted by atomic mass is 9.50. The van der Waals surface area contributed by atoms with Gasteiger partial charge in [-0.05, 0) is 91.7 Å². The van der Waals surface area contributed by atoms with Crippen LogP contribution in [-0.4, -0.2) is 0 Å². The van der Waals surface area contributed by atoms with Crippen molar-refractivity contribution in [2.24, 2.45) is 5.41 Å². The zero-order chi connectivity index (χ0) is 24.1. The van der Waals surface area contributed by atoms with E-state index in [1.807, 2.05) is 0 Å². The molecule has 3 aromatic rings. The largest absolute Gasteiger partial charge is 0.0622 e. The highest BCUT2D eigenvalue weighted by atomic mass is 14.5. The van der Waals surface area contributed by atoms with E-state index in [-0.39, 0.29) is 10.8 Å². The summed E-state index contributed by atoms with van der Waals surface area (Å²) < 4.78 is 0. The topological polar surface area (TPSA) is 0 Å². The van der Waals surface area contributed by atoms with Gasteiger partial charge in [0.2, 0.25) is 0 Å². The molecule has 0 aliphatic heterocycles. The number of rotatable bonds is 3. The Morgan fingerprint density at radius 2 is 1.09 bits per heavy atom. The van der Waals surface area contributed by atoms with Crippen molar-refractivity contribution < 1.29 is 0 Å². The van der Waals surface area contributed by atoms with Crippen LogP contribution in [0.5, 0.6) is 0 Å². The molecule has 4 rings (SSSR count). The molecule has 0 spiro atoms. The predicted octanol–water partition coefficient (Wildman–Crippen LogP) is 9.17. The van der Waals surface area contributed by atoms with Crippen molar-refractivity contribution in [2.45, 2.75) is 67.7 Å². The molecule has 1 aliphatic rings. The monoisotopic (exact) mass is 434 g/mol. The molecule has 33 heavy (non-hydrogen) atoms. The van der Waals surface area contributed by atoms with Gasteiger partial charge >= 0.3 is 0 Å². The Labute approximate surface area is 201 Å². The van der Waals surface area contributed by atoms with Gasteiger partial charge in [-0.1, -0.05) is 98.6 Å². The molecule has 0 fully saturated rings. The van der Waals surface area contributed by atoms with E-state index in [4.69, 9.17) is 0 Å². The van der Waals surface area contributed by atoms with Crippen LogP contribution in [0.25, 0.3) is 11.1 Å². The summed E-state index contributed by atoms with van der Waals surface area (Å²) in [5, 5.41) is 0. The fourth-order valence-electron chi connectivity index (χ4n) is 6.13. The minimum absolute atomic E-state index is 0.121. The molecule has 3 aromatic carbocycles. The molecule has 1 atom stereocenters. The smallest absolute Gasteiger partial charge is 0.0275 e. The summed E-state index contributed by atoms with van der Waals surface area (Å²) in [5.41, 5.74) is 14.8. The first-order valence-corrected chi connectivity index (χ1v) is 12.1. The second-order valence-electron chi connectivity index (χ2n) is 10.8. The second-order valence-corrected chi connectivity index (χ2v) is 10.8. The lowest BCUT2D eigenvalue weighted by Crippen LogP contribution is -2.44. The molecule has 1 aliphatic carbocycles. The van der Waals surface area contributed by atoms with E-state index < -0.39 is 0 Å². The van der Waals surface area contributed by atoms with Gasteiger partial charge in [0.05, 0.1) is 0 Å². The minimum atomic E-state index is -0.192. The second kappa shape index (κ2) is 8.17. The van der Waals surface area contributed by atoms with Crippen molar-refractivity contribution in [2.75, 3.05) is 0 Å². The highest BCUT2D eigenvalue weighted by molar-refractivity contribution is 5.92. The summed E-state index contributed by atoms with van der Waals surface area (Å²) in [6, 6.07) is 25.1. The quantitative estimate of drug-likeness (QED) is 0.385. The maximum Gasteiger partial charge on any atom is 0.0275 e. The fraction of sp³-hybridized carbons (Fsp3) is 0.333. The van der Waals surface area contributed by atoms with Crippen molar-refractivity contribution in [3.05, 3.63) is 117 Å². The maximum absolute atomic E-state index is 2.47. The van der Waals surface area contributed by atoms with Gasteiger partial charge in [0.1, 0.15) is 0 Å². The molecule has 170 valence electrons. The summed E-state index contributed by atoms with van der Waals surface area (Å²) >= 11 is 0. The van der Waals surface area contributed by atoms with Crippen molar-refractivity contribution in [1.82, 2.24) is 0 Å². The Morgan fingerprint density at radius 3 is 1.67 bits per heavy atom. The van der Waals surface area contributed by atoms with Crippen LogP contribution < -0.4 is 0 Å². The molecular weight excluding hydrogens is 396 g/mol. The van der Waals surface area contributed by atoms with Gasteiger partial charge < -0.3 is 0 Å². The summed E-state index contributed by atoms with van der Waals surface area (Å²) in [4.78, 5) is 0. The van der Waals surface area contributed by atoms with E-state index in [2.05, 4.69) is 129 Å². The van der Waals surface area contributed by atoms with Crippen molar-refractivity contribution in [1.29, 1.82) is 0 Å². The van der Waals surface area contributed by atoms with E-state index in [9.17, 15) is 0 Å². The highest BCUT2D eigenvalue weighted by Gasteiger charge is 2.51. The third-order valence-corrected chi connectivity index (χ3v) is 8.34. The SMILES string of the molecule is CC1=C(c2ccc(C)c(C)c2)C(C)(C)C(C)(c2cc(C)cc(C)c2)C(c2ccccc2)=C1C. The third-order valence-electron chi connectivity index (χ3n) is 8.34. The third kappa shape index (κ3) is 3.61. The lowest BCUT2D eigenvalue weighted by Gasteiger charge is -2.53. The zero-order valence-corrected chi connectivity index (χ0v) is 21.9. The minimum Gasteiger partial charge on any atom is -0.0622 e. The average molecular weight is 435 g/mol. The maximum atomic E-state index is 2.47. The first-order valence-electron chi connectivity index (χ1n) is 12.1. The van der Waals surface area contributed by atoms with Gasteiger partial charge in [-0.25, -0.2) is 0 Å². The van der Waals surface area contributed by atoms with Crippen LogP contribution in [0.4, 0.5) is 0 Å². The molecule has 0 amide bonds. The molecule has 0 heteroatoms. The van der Waals surface area contributed by atoms with Crippen molar-refractivity contribution in [3.8, 4) is 0 Å². The summed E-state index contributed by atoms with van der Waals surface area (Å²) in [6.07, 6.45) is 0. The Hall–Kier alpha value is -2.86. The van der Waals surface area contributed by atoms with Crippen LogP contribution >= 0.6 is 0 Å². The van der Waals surface area contributed by atoms with Crippen LogP contribution in [0.2, 0.25) is 0 Å². The Balaban J connectivity index is 2.13. The normalized spacial score (nSPS) is 20.4. The summed E-state index contributed by atoms with van der Waals surface area (Å²) in [6.45, 7) is 20.9. The van der Waals surface area contributed by atoms with Crippen molar-refractivity contribution in [3.63, 3.8) is 0 Å². The molecule has 0 nitrogen and oxygen atoms in total. The highest BCUT2D eigenvalue weighted by Crippen LogP contribution is 2.62. The van der Waals surface area contributed by atoms with Crippen LogP contribution in [0.15, 0.2) is 77.9 Å². The van der Waals surface area contributed by atoms with E-state index in [0.29, 0.717) is 0 Å². The van der Waals surface area contributed by atoms with Crippen LogP contribution in [0, 0.1) is 33.1 Å². The summed E-state index contributed by atoms with van der Waals surface area (Å²) in [7, 11) is 0. The van der Waals surface area contributed by atoms with Gasteiger partial charge in [0.15, 0.2) is 0 Å². The molecular formula is C33H38. The zero-order valence-electron chi connectivity index (χ0n) is 21.9. The Morgan fingerprint density at radius 1 is 0.515 bits per heavy atom. The molecule has 0 radical (unpaired) electrons. The molecule has 0 N–H and O–H groups in total. The first kappa shape index (κ1) is 23.3. The molecule has 0 bridgehead atoms. The number of hydrogen-bond acceptors (Lipinski definition) is 0. The van der Waals surface area contributed by atoms with Crippen LogP contribution in [0.1, 0.15) is 73.6 Å². The molecule has 0 saturated carbocycles. The Bertz CT molecular complexity index is 1260. The number of benzene rings is 3. The molecule has 1 unspecified atom stereocenters. The lowest BCUT2D eigenvalue weighted by molar-refractivity contribution is 0.325. The molecule has 0 saturated heterocycles. The van der Waals surface area contributed by atoms with E-state index in [1.165, 1.54) is 61.2 Å². The van der Waals surface area contributed by atoms with Gasteiger partial charge in [0, 0.05) is 10.8 Å². The van der Waals surface area contributed by atoms with E-state index in [1.54, 1.807) is 0 Å². The van der Waals surface area contributed by atoms with Gasteiger partial charge in [-0.15, -0.1) is 0 Å². The Kier molecular flexibility index (Phi) is 5.77. The number of aryl methyl sites for hydroxylation is 4. The first-order chi connectivity index (χ1) is 15.5. The fourth-order valence-corrected chi connectivity index (χ4v) is 6.13. The predicted molar refractivity (Wildman–Crippen MR) is 145 cm³/mol. The number of hydrogen-bond donors (Lipinski definition) is 0. The summed E-state index contributed by atoms with van der Waals surface area (Å²) in [5.74, 6) is 0. The van der Waals surface area contributed by atoms with Gasteiger partial charge in [0.25, 0.3) is 0 Å². The molecule has 0 heterocycles. The standard InChI is InChI=1S/C33H38/c1-21-17-22(2)19-29(18-21)33(9)31(27-13-11-10-12-14-27)26(6)25(5)30(32(33,7)8)28-16-15-23(3)24(4)20-28/h10-20H,1-9H3. The average Bonchev–Trinajstić information content (AvgIpc) is 2.75. The van der Waals surface area contributed by atoms with Gasteiger partial charge in [-0.2, -0.15) is 0 Å². The van der Waals surface area contributed by atoms with E-state index in [0.717, 1.165) is 0 Å².